The van der Waals surface area contributed by atoms with E-state index in [-0.39, 0.29) is 31.9 Å². The van der Waals surface area contributed by atoms with Gasteiger partial charge >= 0.3 is 5.97 Å². The summed E-state index contributed by atoms with van der Waals surface area (Å²) in [6.07, 6.45) is 0.0487. The molecule has 1 aliphatic heterocycles. The number of halogens is 1. The number of fused-ring (bicyclic) bond motifs is 1. The van der Waals surface area contributed by atoms with Crippen molar-refractivity contribution in [2.24, 2.45) is 5.73 Å². The molecule has 36 heavy (non-hydrogen) atoms. The van der Waals surface area contributed by atoms with Gasteiger partial charge in [-0.05, 0) is 35.2 Å². The van der Waals surface area contributed by atoms with Crippen molar-refractivity contribution in [2.75, 3.05) is 0 Å². The highest BCUT2D eigenvalue weighted by Crippen LogP contribution is 2.33. The lowest BCUT2D eigenvalue weighted by Gasteiger charge is -2.25. The van der Waals surface area contributed by atoms with E-state index in [1.807, 2.05) is 60.7 Å². The maximum atomic E-state index is 13.1. The molecule has 4 rings (SSSR count). The number of esters is 1. The van der Waals surface area contributed by atoms with Crippen molar-refractivity contribution in [3.8, 4) is 5.75 Å². The quantitative estimate of drug-likeness (QED) is 0.280. The van der Waals surface area contributed by atoms with Gasteiger partial charge in [-0.15, -0.1) is 0 Å². The first-order chi connectivity index (χ1) is 17.5. The fourth-order valence-corrected chi connectivity index (χ4v) is 4.49. The van der Waals surface area contributed by atoms with Crippen LogP contribution in [0.2, 0.25) is 0 Å². The standard InChI is InChI=1S/C28H27BrN2O5/c29-15-19-9-11-21(12-10-19)17-35-25-8-4-7-22-23(25)16-31(28(22)34)24(27(30)33)13-14-26(32)36-18-20-5-2-1-3-6-20/h1-12,24H,13-18H2,(H2,30,33)/t24-/m1/s1. The average molecular weight is 551 g/mol. The molecule has 0 saturated heterocycles. The van der Waals surface area contributed by atoms with Crippen LogP contribution < -0.4 is 10.5 Å². The zero-order valence-electron chi connectivity index (χ0n) is 19.7. The highest BCUT2D eigenvalue weighted by Gasteiger charge is 2.37. The van der Waals surface area contributed by atoms with Gasteiger partial charge in [-0.3, -0.25) is 14.4 Å². The van der Waals surface area contributed by atoms with Gasteiger partial charge in [0, 0.05) is 22.9 Å². The maximum absolute atomic E-state index is 13.1. The molecular weight excluding hydrogens is 524 g/mol. The third kappa shape index (κ3) is 6.12. The van der Waals surface area contributed by atoms with Crippen molar-refractivity contribution in [1.82, 2.24) is 4.90 Å². The summed E-state index contributed by atoms with van der Waals surface area (Å²) in [4.78, 5) is 39.1. The van der Waals surface area contributed by atoms with Crippen molar-refractivity contribution in [3.05, 3.63) is 101 Å². The molecular formula is C28H27BrN2O5. The monoisotopic (exact) mass is 550 g/mol. The van der Waals surface area contributed by atoms with Gasteiger partial charge in [-0.25, -0.2) is 0 Å². The summed E-state index contributed by atoms with van der Waals surface area (Å²) in [5.41, 5.74) is 9.86. The number of nitrogens with zero attached hydrogens (tertiary/aromatic N) is 1. The number of ether oxygens (including phenoxy) is 2. The molecule has 186 valence electrons. The molecule has 8 heteroatoms. The molecule has 0 unspecified atom stereocenters. The second kappa shape index (κ2) is 11.9. The Balaban J connectivity index is 1.39. The van der Waals surface area contributed by atoms with Gasteiger partial charge in [0.1, 0.15) is 25.0 Å². The predicted octanol–water partition coefficient (Wildman–Crippen LogP) is 4.49. The average Bonchev–Trinajstić information content (AvgIpc) is 3.23. The molecule has 3 aromatic carbocycles. The van der Waals surface area contributed by atoms with Crippen LogP contribution in [0.3, 0.4) is 0 Å². The lowest BCUT2D eigenvalue weighted by Crippen LogP contribution is -2.45. The largest absolute Gasteiger partial charge is 0.489 e. The Kier molecular flexibility index (Phi) is 8.38. The summed E-state index contributed by atoms with van der Waals surface area (Å²) >= 11 is 3.43. The maximum Gasteiger partial charge on any atom is 0.306 e. The van der Waals surface area contributed by atoms with Crippen LogP contribution in [0.1, 0.15) is 45.5 Å². The third-order valence-electron chi connectivity index (χ3n) is 6.09. The number of benzene rings is 3. The number of hydrogen-bond donors (Lipinski definition) is 1. The summed E-state index contributed by atoms with van der Waals surface area (Å²) in [5.74, 6) is -0.845. The molecule has 0 fully saturated rings. The lowest BCUT2D eigenvalue weighted by molar-refractivity contribution is -0.145. The van der Waals surface area contributed by atoms with Gasteiger partial charge in [-0.2, -0.15) is 0 Å². The van der Waals surface area contributed by atoms with Crippen molar-refractivity contribution in [3.63, 3.8) is 0 Å². The number of alkyl halides is 1. The molecule has 1 aliphatic rings. The van der Waals surface area contributed by atoms with Crippen LogP contribution in [0, 0.1) is 0 Å². The van der Waals surface area contributed by atoms with Crippen LogP contribution in [-0.2, 0) is 39.4 Å². The summed E-state index contributed by atoms with van der Waals surface area (Å²) in [5, 5.41) is 0.782. The van der Waals surface area contributed by atoms with Crippen molar-refractivity contribution in [2.45, 2.75) is 44.0 Å². The van der Waals surface area contributed by atoms with Gasteiger partial charge < -0.3 is 20.1 Å². The normalized spacial score (nSPS) is 13.2. The van der Waals surface area contributed by atoms with Gasteiger partial charge in [0.15, 0.2) is 0 Å². The van der Waals surface area contributed by atoms with Crippen LogP contribution in [0.25, 0.3) is 0 Å². The molecule has 0 spiro atoms. The fourth-order valence-electron chi connectivity index (χ4n) is 4.12. The number of primary amides is 1. The Hall–Kier alpha value is -3.65. The first-order valence-electron chi connectivity index (χ1n) is 11.6. The number of rotatable bonds is 11. The van der Waals surface area contributed by atoms with Crippen LogP contribution in [0.5, 0.6) is 5.75 Å². The van der Waals surface area contributed by atoms with Crippen LogP contribution in [0.15, 0.2) is 72.8 Å². The van der Waals surface area contributed by atoms with Crippen molar-refractivity contribution in [1.29, 1.82) is 0 Å². The second-order valence-electron chi connectivity index (χ2n) is 8.56. The fraction of sp³-hybridized carbons (Fsp3) is 0.250. The highest BCUT2D eigenvalue weighted by atomic mass is 79.9. The van der Waals surface area contributed by atoms with E-state index in [9.17, 15) is 14.4 Å². The Labute approximate surface area is 218 Å². The molecule has 7 nitrogen and oxygen atoms in total. The molecule has 0 aliphatic carbocycles. The minimum absolute atomic E-state index is 0.0334. The second-order valence-corrected chi connectivity index (χ2v) is 9.12. The van der Waals surface area contributed by atoms with Gasteiger partial charge in [0.25, 0.3) is 5.91 Å². The molecule has 3 aromatic rings. The lowest BCUT2D eigenvalue weighted by atomic mass is 10.1. The summed E-state index contributed by atoms with van der Waals surface area (Å²) in [6.45, 7) is 0.674. The molecule has 0 saturated carbocycles. The smallest absolute Gasteiger partial charge is 0.306 e. The number of carbonyl (C=O) groups excluding carboxylic acids is 3. The van der Waals surface area contributed by atoms with E-state index in [1.54, 1.807) is 12.1 Å². The van der Waals surface area contributed by atoms with Crippen LogP contribution in [-0.4, -0.2) is 28.7 Å². The van der Waals surface area contributed by atoms with E-state index >= 15 is 0 Å². The Morgan fingerprint density at radius 1 is 0.917 bits per heavy atom. The van der Waals surface area contributed by atoms with E-state index in [0.29, 0.717) is 23.5 Å². The topological polar surface area (TPSA) is 98.9 Å². The molecule has 2 N–H and O–H groups in total. The number of amides is 2. The van der Waals surface area contributed by atoms with Crippen molar-refractivity contribution >= 4 is 33.7 Å². The minimum Gasteiger partial charge on any atom is -0.489 e. The zero-order valence-corrected chi connectivity index (χ0v) is 21.3. The van der Waals surface area contributed by atoms with E-state index in [1.165, 1.54) is 10.5 Å². The van der Waals surface area contributed by atoms with E-state index < -0.39 is 17.9 Å². The van der Waals surface area contributed by atoms with Gasteiger partial charge in [0.05, 0.1) is 6.54 Å². The van der Waals surface area contributed by atoms with Gasteiger partial charge in [-0.1, -0.05) is 76.6 Å². The highest BCUT2D eigenvalue weighted by molar-refractivity contribution is 9.08. The Morgan fingerprint density at radius 2 is 1.61 bits per heavy atom. The summed E-state index contributed by atoms with van der Waals surface area (Å²) < 4.78 is 11.3. The summed E-state index contributed by atoms with van der Waals surface area (Å²) in [7, 11) is 0. The summed E-state index contributed by atoms with van der Waals surface area (Å²) in [6, 6.07) is 21.7. The van der Waals surface area contributed by atoms with Crippen LogP contribution >= 0.6 is 15.9 Å². The zero-order chi connectivity index (χ0) is 25.5. The van der Waals surface area contributed by atoms with Crippen molar-refractivity contribution < 1.29 is 23.9 Å². The molecule has 0 bridgehead atoms. The number of carbonyl (C=O) groups is 3. The minimum atomic E-state index is -0.932. The predicted molar refractivity (Wildman–Crippen MR) is 138 cm³/mol. The Morgan fingerprint density at radius 3 is 2.31 bits per heavy atom. The van der Waals surface area contributed by atoms with E-state index in [4.69, 9.17) is 15.2 Å². The first kappa shape index (κ1) is 25.4. The Bertz CT molecular complexity index is 1230. The number of nitrogens with two attached hydrogens (primary N) is 1. The van der Waals surface area contributed by atoms with Gasteiger partial charge in [0.2, 0.25) is 5.91 Å². The molecule has 1 heterocycles. The third-order valence-corrected chi connectivity index (χ3v) is 6.74. The van der Waals surface area contributed by atoms with E-state index in [0.717, 1.165) is 16.5 Å². The first-order valence-corrected chi connectivity index (χ1v) is 12.8. The molecule has 1 atom stereocenters. The number of hydrogen-bond acceptors (Lipinski definition) is 5. The molecule has 2 amide bonds. The SMILES string of the molecule is NC(=O)[C@@H](CCC(=O)OCc1ccccc1)N1Cc2c(OCc3ccc(CBr)cc3)cccc2C1=O. The molecule has 0 aromatic heterocycles. The molecule has 0 radical (unpaired) electrons. The van der Waals surface area contributed by atoms with Crippen LogP contribution in [0.4, 0.5) is 0 Å². The van der Waals surface area contributed by atoms with E-state index in [2.05, 4.69) is 15.9 Å².